The van der Waals surface area contributed by atoms with E-state index in [9.17, 15) is 13.2 Å². The van der Waals surface area contributed by atoms with E-state index in [-0.39, 0.29) is 0 Å². The molecule has 0 aliphatic heterocycles. The van der Waals surface area contributed by atoms with Gasteiger partial charge in [0, 0.05) is 32.9 Å². The molecule has 3 aromatic rings. The lowest BCUT2D eigenvalue weighted by molar-refractivity contribution is -0.137. The monoisotopic (exact) mass is 363 g/mol. The smallest absolute Gasteiger partial charge is 0.358 e. The van der Waals surface area contributed by atoms with E-state index in [1.807, 2.05) is 42.0 Å². The summed E-state index contributed by atoms with van der Waals surface area (Å²) >= 11 is 0. The second-order valence-corrected chi connectivity index (χ2v) is 5.98. The van der Waals surface area contributed by atoms with Crippen molar-refractivity contribution < 1.29 is 13.2 Å². The van der Waals surface area contributed by atoms with Crippen LogP contribution in [-0.4, -0.2) is 41.6 Å². The van der Waals surface area contributed by atoms with Gasteiger partial charge in [-0.25, -0.2) is 9.97 Å². The summed E-state index contributed by atoms with van der Waals surface area (Å²) in [4.78, 5) is 15.7. The van der Waals surface area contributed by atoms with Gasteiger partial charge in [-0.05, 0) is 37.3 Å². The molecule has 0 atom stereocenters. The van der Waals surface area contributed by atoms with Crippen molar-refractivity contribution in [1.29, 1.82) is 0 Å². The second kappa shape index (κ2) is 7.23. The van der Waals surface area contributed by atoms with Crippen LogP contribution in [0.3, 0.4) is 0 Å². The van der Waals surface area contributed by atoms with Gasteiger partial charge in [0.15, 0.2) is 0 Å². The number of alkyl halides is 3. The maximum absolute atomic E-state index is 12.9. The van der Waals surface area contributed by atoms with Gasteiger partial charge in [0.05, 0.1) is 16.6 Å². The van der Waals surface area contributed by atoms with Crippen molar-refractivity contribution in [2.75, 3.05) is 36.5 Å². The zero-order valence-corrected chi connectivity index (χ0v) is 14.6. The number of hydrogen-bond donors (Lipinski definition) is 1. The lowest BCUT2D eigenvalue weighted by atomic mass is 10.2. The number of rotatable bonds is 6. The molecule has 26 heavy (non-hydrogen) atoms. The number of imidazole rings is 1. The van der Waals surface area contributed by atoms with E-state index in [2.05, 4.69) is 15.0 Å². The Morgan fingerprint density at radius 3 is 2.58 bits per heavy atom. The van der Waals surface area contributed by atoms with E-state index in [0.29, 0.717) is 36.6 Å². The minimum atomic E-state index is -4.37. The van der Waals surface area contributed by atoms with Gasteiger partial charge >= 0.3 is 6.18 Å². The Morgan fingerprint density at radius 1 is 1.12 bits per heavy atom. The molecule has 3 rings (SSSR count). The lowest BCUT2D eigenvalue weighted by Gasteiger charge is -2.24. The van der Waals surface area contributed by atoms with E-state index in [1.165, 1.54) is 6.07 Å². The Kier molecular flexibility index (Phi) is 5.01. The van der Waals surface area contributed by atoms with Crippen molar-refractivity contribution in [3.05, 3.63) is 48.2 Å². The molecule has 0 saturated carbocycles. The molecule has 0 amide bonds. The highest BCUT2D eigenvalue weighted by Crippen LogP contribution is 2.31. The van der Waals surface area contributed by atoms with Gasteiger partial charge < -0.3 is 14.8 Å². The number of anilines is 2. The Balaban J connectivity index is 1.75. The Bertz CT molecular complexity index is 860. The van der Waals surface area contributed by atoms with Crippen LogP contribution in [0.5, 0.6) is 0 Å². The van der Waals surface area contributed by atoms with Crippen LogP contribution in [0.2, 0.25) is 0 Å². The molecule has 138 valence electrons. The summed E-state index contributed by atoms with van der Waals surface area (Å²) in [5.41, 5.74) is 0.217. The van der Waals surface area contributed by atoms with Gasteiger partial charge in [-0.3, -0.25) is 0 Å². The minimum absolute atomic E-state index is 0.381. The molecule has 0 bridgehead atoms. The molecule has 0 spiro atoms. The van der Waals surface area contributed by atoms with Crippen molar-refractivity contribution in [2.24, 2.45) is 0 Å². The fourth-order valence-electron chi connectivity index (χ4n) is 2.70. The normalized spacial score (nSPS) is 11.7. The first-order valence-corrected chi connectivity index (χ1v) is 8.32. The highest BCUT2D eigenvalue weighted by Gasteiger charge is 2.30. The van der Waals surface area contributed by atoms with Crippen LogP contribution in [-0.2, 0) is 6.18 Å². The molecule has 1 N–H and O–H groups in total. The van der Waals surface area contributed by atoms with Crippen LogP contribution in [0, 0.1) is 0 Å². The number of nitrogens with zero attached hydrogens (tertiary/aromatic N) is 4. The molecule has 2 aromatic heterocycles. The first kappa shape index (κ1) is 18.0. The van der Waals surface area contributed by atoms with Crippen molar-refractivity contribution in [1.82, 2.24) is 15.0 Å². The van der Waals surface area contributed by atoms with Gasteiger partial charge in [-0.1, -0.05) is 6.07 Å². The average molecular weight is 363 g/mol. The molecule has 0 aliphatic carbocycles. The number of pyridine rings is 1. The van der Waals surface area contributed by atoms with Crippen molar-refractivity contribution in [3.63, 3.8) is 0 Å². The van der Waals surface area contributed by atoms with Gasteiger partial charge in [0.2, 0.25) is 5.95 Å². The third-order valence-electron chi connectivity index (χ3n) is 4.22. The van der Waals surface area contributed by atoms with Crippen LogP contribution in [0.4, 0.5) is 24.9 Å². The molecule has 0 fully saturated rings. The molecule has 1 aromatic carbocycles. The maximum Gasteiger partial charge on any atom is 0.416 e. The molecule has 0 saturated heterocycles. The number of nitrogens with one attached hydrogen (secondary N) is 1. The molecular formula is C18H20F3N5. The Labute approximate surface area is 149 Å². The van der Waals surface area contributed by atoms with E-state index in [1.54, 1.807) is 6.20 Å². The zero-order valence-electron chi connectivity index (χ0n) is 14.6. The van der Waals surface area contributed by atoms with Crippen LogP contribution >= 0.6 is 0 Å². The number of halogens is 3. The Morgan fingerprint density at radius 2 is 1.92 bits per heavy atom. The number of aromatic amines is 1. The van der Waals surface area contributed by atoms with Crippen LogP contribution in [0.1, 0.15) is 12.5 Å². The Hall–Kier alpha value is -2.77. The fourth-order valence-corrected chi connectivity index (χ4v) is 2.70. The highest BCUT2D eigenvalue weighted by atomic mass is 19.4. The number of likely N-dealkylation sites (N-methyl/N-ethyl adjacent to an activating group) is 2. The molecule has 0 radical (unpaired) electrons. The molecule has 0 aliphatic rings. The fraction of sp³-hybridized carbons (Fsp3) is 0.333. The van der Waals surface area contributed by atoms with Crippen molar-refractivity contribution >= 4 is 22.8 Å². The zero-order chi connectivity index (χ0) is 18.7. The predicted octanol–water partition coefficient (Wildman–Crippen LogP) is 3.94. The number of fused-ring (bicyclic) bond motifs is 1. The number of benzene rings is 1. The summed E-state index contributed by atoms with van der Waals surface area (Å²) in [6.45, 7) is 4.03. The summed E-state index contributed by atoms with van der Waals surface area (Å²) < 4.78 is 38.6. The number of H-pyrrole nitrogens is 1. The van der Waals surface area contributed by atoms with Crippen LogP contribution in [0.15, 0.2) is 42.6 Å². The van der Waals surface area contributed by atoms with Crippen molar-refractivity contribution in [3.8, 4) is 0 Å². The lowest BCUT2D eigenvalue weighted by Crippen LogP contribution is -2.34. The van der Waals surface area contributed by atoms with E-state index in [4.69, 9.17) is 0 Å². The molecule has 5 nitrogen and oxygen atoms in total. The third kappa shape index (κ3) is 3.89. The van der Waals surface area contributed by atoms with Crippen LogP contribution < -0.4 is 9.80 Å². The van der Waals surface area contributed by atoms with Gasteiger partial charge in [-0.15, -0.1) is 0 Å². The van der Waals surface area contributed by atoms with E-state index in [0.717, 1.165) is 18.0 Å². The first-order chi connectivity index (χ1) is 12.4. The molecule has 0 unspecified atom stereocenters. The number of hydrogen-bond acceptors (Lipinski definition) is 4. The quantitative estimate of drug-likeness (QED) is 0.721. The van der Waals surface area contributed by atoms with Gasteiger partial charge in [0.25, 0.3) is 0 Å². The maximum atomic E-state index is 12.9. The predicted molar refractivity (Wildman–Crippen MR) is 96.5 cm³/mol. The highest BCUT2D eigenvalue weighted by molar-refractivity contribution is 5.78. The van der Waals surface area contributed by atoms with E-state index >= 15 is 0 Å². The second-order valence-electron chi connectivity index (χ2n) is 5.98. The van der Waals surface area contributed by atoms with Crippen molar-refractivity contribution in [2.45, 2.75) is 13.1 Å². The first-order valence-electron chi connectivity index (χ1n) is 8.32. The SMILES string of the molecule is CCN(CCN(C)c1ccccn1)c1nc2ccc(C(F)(F)F)cc2[nH]1. The summed E-state index contributed by atoms with van der Waals surface area (Å²) in [6, 6.07) is 9.26. The largest absolute Gasteiger partial charge is 0.416 e. The molecule has 2 heterocycles. The summed E-state index contributed by atoms with van der Waals surface area (Å²) in [7, 11) is 1.95. The topological polar surface area (TPSA) is 48.1 Å². The minimum Gasteiger partial charge on any atom is -0.358 e. The van der Waals surface area contributed by atoms with E-state index < -0.39 is 11.7 Å². The summed E-state index contributed by atoms with van der Waals surface area (Å²) in [5.74, 6) is 1.43. The summed E-state index contributed by atoms with van der Waals surface area (Å²) in [6.07, 6.45) is -2.63. The molecular weight excluding hydrogens is 343 g/mol. The molecule has 8 heteroatoms. The van der Waals surface area contributed by atoms with Gasteiger partial charge in [0.1, 0.15) is 5.82 Å². The van der Waals surface area contributed by atoms with Crippen LogP contribution in [0.25, 0.3) is 11.0 Å². The van der Waals surface area contributed by atoms with Gasteiger partial charge in [-0.2, -0.15) is 13.2 Å². The summed E-state index contributed by atoms with van der Waals surface area (Å²) in [5, 5.41) is 0. The standard InChI is InChI=1S/C18H20F3N5/c1-3-26(11-10-25(2)16-6-4-5-9-22-16)17-23-14-8-7-13(18(19,20)21)12-15(14)24-17/h4-9,12H,3,10-11H2,1-2H3,(H,23,24). The number of aromatic nitrogens is 3. The third-order valence-corrected chi connectivity index (χ3v) is 4.22. The average Bonchev–Trinajstić information content (AvgIpc) is 3.05.